The van der Waals surface area contributed by atoms with Crippen molar-refractivity contribution in [2.24, 2.45) is 0 Å². The van der Waals surface area contributed by atoms with Gasteiger partial charge in [-0.3, -0.25) is 4.79 Å². The fourth-order valence-electron chi connectivity index (χ4n) is 2.68. The third-order valence-electron chi connectivity index (χ3n) is 3.94. The van der Waals surface area contributed by atoms with E-state index in [1.54, 1.807) is 0 Å². The maximum Gasteiger partial charge on any atom is 0.231 e. The van der Waals surface area contributed by atoms with Crippen LogP contribution in [0.15, 0.2) is 36.4 Å². The maximum absolute atomic E-state index is 12.2. The first-order valence-electron chi connectivity index (χ1n) is 7.73. The monoisotopic (exact) mass is 340 g/mol. The number of hydrogen-bond acceptors (Lipinski definition) is 5. The largest absolute Gasteiger partial charge is 0.454 e. The second kappa shape index (κ2) is 6.13. The molecular weight excluding hydrogens is 324 g/mol. The number of fused-ring (bicyclic) bond motifs is 2. The van der Waals surface area contributed by atoms with Crippen molar-refractivity contribution < 1.29 is 14.3 Å². The van der Waals surface area contributed by atoms with Gasteiger partial charge in [0.1, 0.15) is 0 Å². The topological polar surface area (TPSA) is 60.5 Å². The average molecular weight is 340 g/mol. The van der Waals surface area contributed by atoms with E-state index >= 15 is 0 Å². The smallest absolute Gasteiger partial charge is 0.231 e. The minimum atomic E-state index is -0.0376. The Bertz CT molecular complexity index is 920. The average Bonchev–Trinajstić information content (AvgIpc) is 3.19. The molecule has 0 aliphatic carbocycles. The lowest BCUT2D eigenvalue weighted by atomic mass is 10.1. The van der Waals surface area contributed by atoms with E-state index in [0.717, 1.165) is 32.8 Å². The third-order valence-corrected chi connectivity index (χ3v) is 4.88. The summed E-state index contributed by atoms with van der Waals surface area (Å²) < 4.78 is 11.7. The zero-order valence-corrected chi connectivity index (χ0v) is 14.0. The van der Waals surface area contributed by atoms with Gasteiger partial charge in [-0.1, -0.05) is 29.5 Å². The number of ether oxygens (including phenoxy) is 2. The Balaban J connectivity index is 1.40. The molecule has 0 bridgehead atoms. The molecular formula is C18H16N2O3S. The highest BCUT2D eigenvalue weighted by Crippen LogP contribution is 2.33. The molecule has 5 nitrogen and oxygen atoms in total. The SMILES string of the molecule is Cc1cccc2sc(NC(=O)CCc3ccc4c(c3)OCO4)nc12. The van der Waals surface area contributed by atoms with Gasteiger partial charge in [-0.25, -0.2) is 4.98 Å². The molecule has 2 heterocycles. The number of nitrogens with zero attached hydrogens (tertiary/aromatic N) is 1. The van der Waals surface area contributed by atoms with E-state index in [-0.39, 0.29) is 12.7 Å². The Morgan fingerprint density at radius 2 is 2.12 bits per heavy atom. The highest BCUT2D eigenvalue weighted by Gasteiger charge is 2.14. The molecule has 1 amide bonds. The fourth-order valence-corrected chi connectivity index (χ4v) is 3.64. The zero-order chi connectivity index (χ0) is 16.5. The Hall–Kier alpha value is -2.60. The minimum absolute atomic E-state index is 0.0376. The van der Waals surface area contributed by atoms with Crippen LogP contribution in [-0.2, 0) is 11.2 Å². The van der Waals surface area contributed by atoms with Crippen LogP contribution in [-0.4, -0.2) is 17.7 Å². The van der Waals surface area contributed by atoms with Crippen molar-refractivity contribution in [3.05, 3.63) is 47.5 Å². The lowest BCUT2D eigenvalue weighted by Gasteiger charge is -2.03. The number of anilines is 1. The van der Waals surface area contributed by atoms with Crippen molar-refractivity contribution in [1.82, 2.24) is 4.98 Å². The summed E-state index contributed by atoms with van der Waals surface area (Å²) in [6, 6.07) is 11.8. The van der Waals surface area contributed by atoms with Crippen LogP contribution < -0.4 is 14.8 Å². The van der Waals surface area contributed by atoms with Crippen LogP contribution in [0.25, 0.3) is 10.2 Å². The van der Waals surface area contributed by atoms with Gasteiger partial charge in [-0.2, -0.15) is 0 Å². The third kappa shape index (κ3) is 2.92. The van der Waals surface area contributed by atoms with Crippen LogP contribution >= 0.6 is 11.3 Å². The number of carbonyl (C=O) groups excluding carboxylic acids is 1. The van der Waals surface area contributed by atoms with Gasteiger partial charge in [0.15, 0.2) is 16.6 Å². The van der Waals surface area contributed by atoms with E-state index in [1.807, 2.05) is 43.3 Å². The Morgan fingerprint density at radius 1 is 1.25 bits per heavy atom. The highest BCUT2D eigenvalue weighted by atomic mass is 32.1. The number of thiazole rings is 1. The molecule has 0 spiro atoms. The number of aryl methyl sites for hydroxylation is 2. The van der Waals surface area contributed by atoms with Crippen LogP contribution in [0, 0.1) is 6.92 Å². The quantitative estimate of drug-likeness (QED) is 0.782. The van der Waals surface area contributed by atoms with E-state index in [0.29, 0.717) is 18.0 Å². The summed E-state index contributed by atoms with van der Waals surface area (Å²) in [6.45, 7) is 2.28. The van der Waals surface area contributed by atoms with Crippen molar-refractivity contribution >= 4 is 32.6 Å². The number of aromatic nitrogens is 1. The molecule has 0 unspecified atom stereocenters. The van der Waals surface area contributed by atoms with Crippen molar-refractivity contribution in [2.45, 2.75) is 19.8 Å². The van der Waals surface area contributed by atoms with Gasteiger partial charge in [-0.05, 0) is 42.7 Å². The van der Waals surface area contributed by atoms with Gasteiger partial charge in [0.05, 0.1) is 10.2 Å². The molecule has 4 rings (SSSR count). The number of nitrogens with one attached hydrogen (secondary N) is 1. The molecule has 0 fully saturated rings. The molecule has 3 aromatic rings. The van der Waals surface area contributed by atoms with E-state index in [2.05, 4.69) is 10.3 Å². The summed E-state index contributed by atoms with van der Waals surface area (Å²) in [5, 5.41) is 3.54. The Morgan fingerprint density at radius 3 is 3.00 bits per heavy atom. The summed E-state index contributed by atoms with van der Waals surface area (Å²) in [6.07, 6.45) is 1.04. The number of hydrogen-bond donors (Lipinski definition) is 1. The van der Waals surface area contributed by atoms with Crippen molar-refractivity contribution in [2.75, 3.05) is 12.1 Å². The Labute approximate surface area is 143 Å². The number of carbonyl (C=O) groups is 1. The van der Waals surface area contributed by atoms with E-state index in [4.69, 9.17) is 9.47 Å². The molecule has 0 radical (unpaired) electrons. The van der Waals surface area contributed by atoms with Gasteiger partial charge in [0.25, 0.3) is 0 Å². The zero-order valence-electron chi connectivity index (χ0n) is 13.2. The van der Waals surface area contributed by atoms with Crippen molar-refractivity contribution in [1.29, 1.82) is 0 Å². The molecule has 24 heavy (non-hydrogen) atoms. The van der Waals surface area contributed by atoms with Crippen molar-refractivity contribution in [3.8, 4) is 11.5 Å². The predicted molar refractivity (Wildman–Crippen MR) is 93.9 cm³/mol. The van der Waals surface area contributed by atoms with Gasteiger partial charge >= 0.3 is 0 Å². The van der Waals surface area contributed by atoms with Crippen LogP contribution in [0.4, 0.5) is 5.13 Å². The predicted octanol–water partition coefficient (Wildman–Crippen LogP) is 3.90. The van der Waals surface area contributed by atoms with Crippen LogP contribution in [0.1, 0.15) is 17.5 Å². The summed E-state index contributed by atoms with van der Waals surface area (Å²) >= 11 is 1.50. The summed E-state index contributed by atoms with van der Waals surface area (Å²) in [5.74, 6) is 1.46. The van der Waals surface area contributed by atoms with Gasteiger partial charge < -0.3 is 14.8 Å². The van der Waals surface area contributed by atoms with E-state index in [9.17, 15) is 4.79 Å². The van der Waals surface area contributed by atoms with Crippen LogP contribution in [0.3, 0.4) is 0 Å². The van der Waals surface area contributed by atoms with Crippen molar-refractivity contribution in [3.63, 3.8) is 0 Å². The maximum atomic E-state index is 12.2. The first-order chi connectivity index (χ1) is 11.7. The van der Waals surface area contributed by atoms with Gasteiger partial charge in [0.2, 0.25) is 12.7 Å². The molecule has 1 aromatic heterocycles. The number of benzene rings is 2. The second-order valence-electron chi connectivity index (χ2n) is 5.68. The lowest BCUT2D eigenvalue weighted by molar-refractivity contribution is -0.116. The van der Waals surface area contributed by atoms with Crippen LogP contribution in [0.5, 0.6) is 11.5 Å². The highest BCUT2D eigenvalue weighted by molar-refractivity contribution is 7.22. The second-order valence-corrected chi connectivity index (χ2v) is 6.71. The normalized spacial score (nSPS) is 12.5. The molecule has 1 N–H and O–H groups in total. The molecule has 6 heteroatoms. The number of para-hydroxylation sites is 1. The number of amides is 1. The minimum Gasteiger partial charge on any atom is -0.454 e. The number of rotatable bonds is 4. The summed E-state index contributed by atoms with van der Waals surface area (Å²) in [5.41, 5.74) is 3.12. The van der Waals surface area contributed by atoms with Gasteiger partial charge in [-0.15, -0.1) is 0 Å². The van der Waals surface area contributed by atoms with E-state index < -0.39 is 0 Å². The Kier molecular flexibility index (Phi) is 3.82. The first-order valence-corrected chi connectivity index (χ1v) is 8.55. The molecule has 0 atom stereocenters. The molecule has 1 aliphatic rings. The summed E-state index contributed by atoms with van der Waals surface area (Å²) in [4.78, 5) is 16.7. The molecule has 1 aliphatic heterocycles. The molecule has 2 aromatic carbocycles. The van der Waals surface area contributed by atoms with Crippen LogP contribution in [0.2, 0.25) is 0 Å². The molecule has 0 saturated heterocycles. The van der Waals surface area contributed by atoms with Gasteiger partial charge in [0, 0.05) is 6.42 Å². The molecule has 122 valence electrons. The summed E-state index contributed by atoms with van der Waals surface area (Å²) in [7, 11) is 0. The lowest BCUT2D eigenvalue weighted by Crippen LogP contribution is -2.12. The standard InChI is InChI=1S/C18H16N2O3S/c1-11-3-2-4-15-17(11)20-18(24-15)19-16(21)8-6-12-5-7-13-14(9-12)23-10-22-13/h2-5,7,9H,6,8,10H2,1H3,(H,19,20,21). The first kappa shape index (κ1) is 15.0. The van der Waals surface area contributed by atoms with E-state index in [1.165, 1.54) is 11.3 Å². The fraction of sp³-hybridized carbons (Fsp3) is 0.222. The molecule has 0 saturated carbocycles.